The van der Waals surface area contributed by atoms with E-state index in [2.05, 4.69) is 10.6 Å². The molecule has 6 heteroatoms. The number of amides is 2. The van der Waals surface area contributed by atoms with E-state index in [1.807, 2.05) is 13.8 Å². The number of ether oxygens (including phenoxy) is 1. The van der Waals surface area contributed by atoms with Crippen LogP contribution in [-0.2, 0) is 14.3 Å². The van der Waals surface area contributed by atoms with Crippen LogP contribution in [0.15, 0.2) is 0 Å². The SMILES string of the molecule is COC(C)(C)CNC(=O)C(=O)N1CCCNCC1. The zero-order valence-electron chi connectivity index (χ0n) is 11.4. The minimum Gasteiger partial charge on any atom is -0.377 e. The van der Waals surface area contributed by atoms with Crippen LogP contribution in [0.25, 0.3) is 0 Å². The molecule has 6 nitrogen and oxygen atoms in total. The third-order valence-electron chi connectivity index (χ3n) is 3.05. The van der Waals surface area contributed by atoms with Gasteiger partial charge in [-0.25, -0.2) is 0 Å². The van der Waals surface area contributed by atoms with Gasteiger partial charge in [0.05, 0.1) is 5.60 Å². The largest absolute Gasteiger partial charge is 0.377 e. The highest BCUT2D eigenvalue weighted by molar-refractivity contribution is 6.35. The van der Waals surface area contributed by atoms with Gasteiger partial charge in [-0.1, -0.05) is 0 Å². The summed E-state index contributed by atoms with van der Waals surface area (Å²) in [6.07, 6.45) is 0.878. The maximum atomic E-state index is 11.9. The van der Waals surface area contributed by atoms with Crippen molar-refractivity contribution in [3.8, 4) is 0 Å². The molecule has 1 aliphatic heterocycles. The molecule has 18 heavy (non-hydrogen) atoms. The molecule has 1 fully saturated rings. The molecule has 0 aromatic carbocycles. The van der Waals surface area contributed by atoms with Gasteiger partial charge in [0.2, 0.25) is 0 Å². The van der Waals surface area contributed by atoms with Gasteiger partial charge in [0.1, 0.15) is 0 Å². The summed E-state index contributed by atoms with van der Waals surface area (Å²) in [5, 5.41) is 5.81. The number of hydrogen-bond donors (Lipinski definition) is 2. The van der Waals surface area contributed by atoms with E-state index in [0.717, 1.165) is 19.5 Å². The first-order valence-corrected chi connectivity index (χ1v) is 6.29. The highest BCUT2D eigenvalue weighted by atomic mass is 16.5. The first-order valence-electron chi connectivity index (χ1n) is 6.29. The summed E-state index contributed by atoms with van der Waals surface area (Å²) in [7, 11) is 1.58. The van der Waals surface area contributed by atoms with E-state index < -0.39 is 17.4 Å². The number of carbonyl (C=O) groups excluding carboxylic acids is 2. The molecule has 1 aliphatic rings. The van der Waals surface area contributed by atoms with Gasteiger partial charge in [-0.15, -0.1) is 0 Å². The fourth-order valence-electron chi connectivity index (χ4n) is 1.63. The van der Waals surface area contributed by atoms with Crippen LogP contribution in [0.5, 0.6) is 0 Å². The number of carbonyl (C=O) groups is 2. The molecule has 2 amide bonds. The minimum atomic E-state index is -0.554. The molecule has 1 rings (SSSR count). The molecule has 0 aromatic rings. The van der Waals surface area contributed by atoms with E-state index in [4.69, 9.17) is 4.74 Å². The second-order valence-electron chi connectivity index (χ2n) is 5.04. The van der Waals surface area contributed by atoms with Crippen LogP contribution in [0.3, 0.4) is 0 Å². The Balaban J connectivity index is 2.43. The molecule has 0 bridgehead atoms. The molecule has 0 radical (unpaired) electrons. The van der Waals surface area contributed by atoms with Gasteiger partial charge >= 0.3 is 11.8 Å². The Hall–Kier alpha value is -1.14. The van der Waals surface area contributed by atoms with Crippen molar-refractivity contribution in [2.24, 2.45) is 0 Å². The van der Waals surface area contributed by atoms with Crippen LogP contribution < -0.4 is 10.6 Å². The maximum Gasteiger partial charge on any atom is 0.311 e. The monoisotopic (exact) mass is 257 g/mol. The van der Waals surface area contributed by atoms with Crippen molar-refractivity contribution in [2.45, 2.75) is 25.9 Å². The molecular formula is C12H23N3O3. The van der Waals surface area contributed by atoms with Crippen LogP contribution in [-0.4, -0.2) is 62.1 Å². The van der Waals surface area contributed by atoms with Crippen molar-refractivity contribution < 1.29 is 14.3 Å². The summed E-state index contributed by atoms with van der Waals surface area (Å²) in [5.74, 6) is -1.01. The topological polar surface area (TPSA) is 70.7 Å². The quantitative estimate of drug-likeness (QED) is 0.659. The number of rotatable bonds is 3. The van der Waals surface area contributed by atoms with Crippen LogP contribution >= 0.6 is 0 Å². The van der Waals surface area contributed by atoms with Crippen molar-refractivity contribution in [3.05, 3.63) is 0 Å². The van der Waals surface area contributed by atoms with Gasteiger partial charge in [0.25, 0.3) is 0 Å². The molecule has 0 unspecified atom stereocenters. The molecule has 0 spiro atoms. The van der Waals surface area contributed by atoms with Crippen LogP contribution in [0.2, 0.25) is 0 Å². The third-order valence-corrected chi connectivity index (χ3v) is 3.05. The molecule has 0 aliphatic carbocycles. The molecule has 0 saturated carbocycles. The Morgan fingerprint density at radius 2 is 2.06 bits per heavy atom. The predicted octanol–water partition coefficient (Wildman–Crippen LogP) is -0.650. The normalized spacial score (nSPS) is 17.2. The molecule has 0 atom stereocenters. The van der Waals surface area contributed by atoms with E-state index in [1.54, 1.807) is 12.0 Å². The lowest BCUT2D eigenvalue weighted by Crippen LogP contribution is -2.48. The summed E-state index contributed by atoms with van der Waals surface area (Å²) in [4.78, 5) is 25.2. The van der Waals surface area contributed by atoms with Gasteiger partial charge in [-0.2, -0.15) is 0 Å². The average Bonchev–Trinajstić information content (AvgIpc) is 2.64. The van der Waals surface area contributed by atoms with E-state index in [1.165, 1.54) is 0 Å². The van der Waals surface area contributed by atoms with Crippen LogP contribution in [0.4, 0.5) is 0 Å². The minimum absolute atomic E-state index is 0.320. The Morgan fingerprint density at radius 1 is 1.33 bits per heavy atom. The van der Waals surface area contributed by atoms with Crippen molar-refractivity contribution in [1.82, 2.24) is 15.5 Å². The molecule has 1 heterocycles. The van der Waals surface area contributed by atoms with Gasteiger partial charge in [-0.05, 0) is 26.8 Å². The fourth-order valence-corrected chi connectivity index (χ4v) is 1.63. The number of nitrogens with one attached hydrogen (secondary N) is 2. The van der Waals surface area contributed by atoms with Crippen LogP contribution in [0.1, 0.15) is 20.3 Å². The molecular weight excluding hydrogens is 234 g/mol. The third kappa shape index (κ3) is 4.62. The molecule has 2 N–H and O–H groups in total. The second-order valence-corrected chi connectivity index (χ2v) is 5.04. The van der Waals surface area contributed by atoms with E-state index in [0.29, 0.717) is 19.6 Å². The summed E-state index contributed by atoms with van der Waals surface area (Å²) in [6, 6.07) is 0. The summed E-state index contributed by atoms with van der Waals surface area (Å²) < 4.78 is 5.18. The first kappa shape index (κ1) is 14.9. The Kier molecular flexibility index (Phi) is 5.55. The molecule has 1 saturated heterocycles. The summed E-state index contributed by atoms with van der Waals surface area (Å²) >= 11 is 0. The maximum absolute atomic E-state index is 11.9. The smallest absolute Gasteiger partial charge is 0.311 e. The lowest BCUT2D eigenvalue weighted by atomic mass is 10.1. The molecule has 0 aromatic heterocycles. The Bertz CT molecular complexity index is 297. The highest BCUT2D eigenvalue weighted by Gasteiger charge is 2.24. The average molecular weight is 257 g/mol. The van der Waals surface area contributed by atoms with Crippen LogP contribution in [0, 0.1) is 0 Å². The predicted molar refractivity (Wildman–Crippen MR) is 68.2 cm³/mol. The summed E-state index contributed by atoms with van der Waals surface area (Å²) in [5.41, 5.74) is -0.462. The number of methoxy groups -OCH3 is 1. The molecule has 104 valence electrons. The van der Waals surface area contributed by atoms with E-state index >= 15 is 0 Å². The highest BCUT2D eigenvalue weighted by Crippen LogP contribution is 2.05. The van der Waals surface area contributed by atoms with Gasteiger partial charge in [0.15, 0.2) is 0 Å². The zero-order valence-corrected chi connectivity index (χ0v) is 11.4. The number of nitrogens with zero attached hydrogens (tertiary/aromatic N) is 1. The number of hydrogen-bond acceptors (Lipinski definition) is 4. The van der Waals surface area contributed by atoms with Crippen molar-refractivity contribution in [3.63, 3.8) is 0 Å². The first-order chi connectivity index (χ1) is 8.46. The van der Waals surface area contributed by atoms with Gasteiger partial charge < -0.3 is 20.3 Å². The Morgan fingerprint density at radius 3 is 2.72 bits per heavy atom. The second kappa shape index (κ2) is 6.70. The fraction of sp³-hybridized carbons (Fsp3) is 0.833. The van der Waals surface area contributed by atoms with Gasteiger partial charge in [0, 0.05) is 33.3 Å². The van der Waals surface area contributed by atoms with E-state index in [-0.39, 0.29) is 0 Å². The van der Waals surface area contributed by atoms with Crippen molar-refractivity contribution in [1.29, 1.82) is 0 Å². The lowest BCUT2D eigenvalue weighted by Gasteiger charge is -2.24. The lowest BCUT2D eigenvalue weighted by molar-refractivity contribution is -0.146. The van der Waals surface area contributed by atoms with Crippen molar-refractivity contribution in [2.75, 3.05) is 39.8 Å². The Labute approximate surface area is 108 Å². The summed E-state index contributed by atoms with van der Waals surface area (Å²) in [6.45, 7) is 6.87. The van der Waals surface area contributed by atoms with Crippen molar-refractivity contribution >= 4 is 11.8 Å². The van der Waals surface area contributed by atoms with E-state index in [9.17, 15) is 9.59 Å². The standard InChI is InChI=1S/C12H23N3O3/c1-12(2,18-3)9-14-10(16)11(17)15-7-4-5-13-6-8-15/h13H,4-9H2,1-3H3,(H,14,16). The van der Waals surface area contributed by atoms with Gasteiger partial charge in [-0.3, -0.25) is 9.59 Å². The zero-order chi connectivity index (χ0) is 13.6.